The fourth-order valence-electron chi connectivity index (χ4n) is 2.11. The number of nitrogens with zero attached hydrogens (tertiary/aromatic N) is 2. The quantitative estimate of drug-likeness (QED) is 0.675. The maximum absolute atomic E-state index is 11.9. The molecule has 8 heteroatoms. The van der Waals surface area contributed by atoms with Crippen LogP contribution in [0.5, 0.6) is 0 Å². The monoisotopic (exact) mass is 301 g/mol. The van der Waals surface area contributed by atoms with Crippen molar-refractivity contribution in [3.8, 4) is 0 Å². The zero-order chi connectivity index (χ0) is 15.8. The van der Waals surface area contributed by atoms with E-state index < -0.39 is 18.1 Å². The molecule has 0 aromatic rings. The molecular formula is C13H23N3O5. The molecule has 0 aromatic carbocycles. The van der Waals surface area contributed by atoms with Gasteiger partial charge in [0.05, 0.1) is 12.5 Å². The number of carbonyl (C=O) groups excluding carboxylic acids is 2. The van der Waals surface area contributed by atoms with Gasteiger partial charge in [-0.05, 0) is 12.8 Å². The van der Waals surface area contributed by atoms with Crippen LogP contribution < -0.4 is 5.32 Å². The maximum Gasteiger partial charge on any atom is 0.317 e. The summed E-state index contributed by atoms with van der Waals surface area (Å²) in [5.41, 5.74) is 0. The molecule has 0 aromatic heterocycles. The zero-order valence-corrected chi connectivity index (χ0v) is 12.5. The number of rotatable bonds is 7. The van der Waals surface area contributed by atoms with Crippen LogP contribution in [-0.4, -0.2) is 79.3 Å². The van der Waals surface area contributed by atoms with E-state index in [0.717, 1.165) is 25.9 Å². The van der Waals surface area contributed by atoms with Crippen molar-refractivity contribution in [1.29, 1.82) is 0 Å². The van der Waals surface area contributed by atoms with E-state index in [1.54, 1.807) is 4.90 Å². The van der Waals surface area contributed by atoms with Crippen LogP contribution in [-0.2, 0) is 14.3 Å². The number of hydrogen-bond acceptors (Lipinski definition) is 4. The minimum Gasteiger partial charge on any atom is -0.481 e. The highest BCUT2D eigenvalue weighted by molar-refractivity contribution is 5.84. The van der Waals surface area contributed by atoms with Gasteiger partial charge in [-0.15, -0.1) is 0 Å². The Morgan fingerprint density at radius 1 is 1.33 bits per heavy atom. The van der Waals surface area contributed by atoms with Crippen molar-refractivity contribution in [3.63, 3.8) is 0 Å². The Hall–Kier alpha value is -1.83. The standard InChI is InChI=1S/C13H23N3O5/c1-15(9-11(17)16-5-3-4-6-16)13(20)14-8-10(21-2)7-12(18)19/h10H,3-9H2,1-2H3,(H,14,20)(H,18,19). The average Bonchev–Trinajstić information content (AvgIpc) is 2.96. The second kappa shape index (κ2) is 8.46. The van der Waals surface area contributed by atoms with Crippen molar-refractivity contribution in [2.24, 2.45) is 0 Å². The van der Waals surface area contributed by atoms with Crippen LogP contribution in [0.2, 0.25) is 0 Å². The lowest BCUT2D eigenvalue weighted by molar-refractivity contribution is -0.139. The van der Waals surface area contributed by atoms with Crippen molar-refractivity contribution < 1.29 is 24.2 Å². The van der Waals surface area contributed by atoms with E-state index in [9.17, 15) is 14.4 Å². The van der Waals surface area contributed by atoms with Crippen LogP contribution in [0.25, 0.3) is 0 Å². The molecule has 3 amide bonds. The molecule has 8 nitrogen and oxygen atoms in total. The Balaban J connectivity index is 2.32. The molecule has 0 saturated carbocycles. The molecule has 1 unspecified atom stereocenters. The Bertz CT molecular complexity index is 382. The number of amides is 3. The van der Waals surface area contributed by atoms with E-state index in [0.29, 0.717) is 0 Å². The van der Waals surface area contributed by atoms with E-state index >= 15 is 0 Å². The summed E-state index contributed by atoms with van der Waals surface area (Å²) in [5.74, 6) is -1.06. The first-order valence-corrected chi connectivity index (χ1v) is 6.95. The topological polar surface area (TPSA) is 99.2 Å². The molecule has 1 rings (SSSR count). The van der Waals surface area contributed by atoms with Gasteiger partial charge in [-0.2, -0.15) is 0 Å². The zero-order valence-electron chi connectivity index (χ0n) is 12.5. The molecule has 21 heavy (non-hydrogen) atoms. The molecule has 0 radical (unpaired) electrons. The summed E-state index contributed by atoms with van der Waals surface area (Å²) in [4.78, 5) is 37.4. The fraction of sp³-hybridized carbons (Fsp3) is 0.769. The second-order valence-corrected chi connectivity index (χ2v) is 5.09. The van der Waals surface area contributed by atoms with Crippen LogP contribution in [0, 0.1) is 0 Å². The van der Waals surface area contributed by atoms with Crippen LogP contribution in [0.1, 0.15) is 19.3 Å². The van der Waals surface area contributed by atoms with E-state index in [-0.39, 0.29) is 25.4 Å². The van der Waals surface area contributed by atoms with Crippen molar-refractivity contribution in [2.45, 2.75) is 25.4 Å². The smallest absolute Gasteiger partial charge is 0.317 e. The third kappa shape index (κ3) is 5.99. The number of urea groups is 1. The van der Waals surface area contributed by atoms with Crippen molar-refractivity contribution >= 4 is 17.9 Å². The summed E-state index contributed by atoms with van der Waals surface area (Å²) < 4.78 is 4.96. The molecule has 1 saturated heterocycles. The summed E-state index contributed by atoms with van der Waals surface area (Å²) in [7, 11) is 2.92. The van der Waals surface area contributed by atoms with Crippen LogP contribution in [0.3, 0.4) is 0 Å². The number of carbonyl (C=O) groups is 3. The van der Waals surface area contributed by atoms with Gasteiger partial charge < -0.3 is 25.0 Å². The second-order valence-electron chi connectivity index (χ2n) is 5.09. The van der Waals surface area contributed by atoms with Gasteiger partial charge in [0.2, 0.25) is 5.91 Å². The predicted octanol–water partition coefficient (Wildman–Crippen LogP) is -0.260. The Labute approximate surface area is 124 Å². The van der Waals surface area contributed by atoms with Crippen LogP contribution in [0.4, 0.5) is 4.79 Å². The van der Waals surface area contributed by atoms with Crippen molar-refractivity contribution in [2.75, 3.05) is 40.3 Å². The highest BCUT2D eigenvalue weighted by Crippen LogP contribution is 2.07. The molecule has 1 fully saturated rings. The summed E-state index contributed by atoms with van der Waals surface area (Å²) in [5, 5.41) is 11.2. The van der Waals surface area contributed by atoms with Crippen molar-refractivity contribution in [3.05, 3.63) is 0 Å². The number of aliphatic carboxylic acids is 1. The molecule has 120 valence electrons. The van der Waals surface area contributed by atoms with Gasteiger partial charge >= 0.3 is 12.0 Å². The van der Waals surface area contributed by atoms with E-state index in [1.807, 2.05) is 0 Å². The fourth-order valence-corrected chi connectivity index (χ4v) is 2.11. The Morgan fingerprint density at radius 2 is 1.95 bits per heavy atom. The molecule has 0 spiro atoms. The van der Waals surface area contributed by atoms with Crippen LogP contribution >= 0.6 is 0 Å². The summed E-state index contributed by atoms with van der Waals surface area (Å²) in [6, 6.07) is -0.421. The lowest BCUT2D eigenvalue weighted by Crippen LogP contribution is -2.46. The van der Waals surface area contributed by atoms with Crippen LogP contribution in [0.15, 0.2) is 0 Å². The van der Waals surface area contributed by atoms with Gasteiger partial charge in [0.1, 0.15) is 6.54 Å². The Kier molecular flexibility index (Phi) is 6.93. The van der Waals surface area contributed by atoms with Gasteiger partial charge in [-0.3, -0.25) is 9.59 Å². The lowest BCUT2D eigenvalue weighted by atomic mass is 10.2. The highest BCUT2D eigenvalue weighted by atomic mass is 16.5. The summed E-state index contributed by atoms with van der Waals surface area (Å²) in [6.45, 7) is 1.60. The summed E-state index contributed by atoms with van der Waals surface area (Å²) >= 11 is 0. The molecule has 2 N–H and O–H groups in total. The van der Waals surface area contributed by atoms with E-state index in [1.165, 1.54) is 19.1 Å². The predicted molar refractivity (Wildman–Crippen MR) is 74.9 cm³/mol. The minimum absolute atomic E-state index is 0.0163. The van der Waals surface area contributed by atoms with Gasteiger partial charge in [0.15, 0.2) is 0 Å². The number of nitrogens with one attached hydrogen (secondary N) is 1. The molecule has 1 atom stereocenters. The van der Waals surface area contributed by atoms with Gasteiger partial charge in [-0.1, -0.05) is 0 Å². The number of carboxylic acid groups (broad SMARTS) is 1. The van der Waals surface area contributed by atoms with E-state index in [4.69, 9.17) is 9.84 Å². The van der Waals surface area contributed by atoms with Gasteiger partial charge in [-0.25, -0.2) is 4.79 Å². The first kappa shape index (κ1) is 17.2. The minimum atomic E-state index is -0.992. The maximum atomic E-state index is 11.9. The molecule has 1 aliphatic rings. The number of likely N-dealkylation sites (N-methyl/N-ethyl adjacent to an activating group) is 1. The SMILES string of the molecule is COC(CNC(=O)N(C)CC(=O)N1CCCC1)CC(=O)O. The number of methoxy groups -OCH3 is 1. The number of hydrogen-bond donors (Lipinski definition) is 2. The van der Waals surface area contributed by atoms with Crippen molar-refractivity contribution in [1.82, 2.24) is 15.1 Å². The largest absolute Gasteiger partial charge is 0.481 e. The average molecular weight is 301 g/mol. The number of likely N-dealkylation sites (tertiary alicyclic amines) is 1. The summed E-state index contributed by atoms with van der Waals surface area (Å²) in [6.07, 6.45) is 1.24. The molecule has 1 aliphatic heterocycles. The first-order valence-electron chi connectivity index (χ1n) is 6.95. The molecule has 1 heterocycles. The Morgan fingerprint density at radius 3 is 2.48 bits per heavy atom. The normalized spacial score (nSPS) is 15.6. The molecule has 0 aliphatic carbocycles. The highest BCUT2D eigenvalue weighted by Gasteiger charge is 2.21. The number of ether oxygens (including phenoxy) is 1. The third-order valence-corrected chi connectivity index (χ3v) is 3.39. The third-order valence-electron chi connectivity index (χ3n) is 3.39. The number of carboxylic acids is 1. The first-order chi connectivity index (χ1) is 9.93. The molecular weight excluding hydrogens is 278 g/mol. The van der Waals surface area contributed by atoms with Gasteiger partial charge in [0.25, 0.3) is 0 Å². The molecule has 0 bridgehead atoms. The van der Waals surface area contributed by atoms with E-state index in [2.05, 4.69) is 5.32 Å². The lowest BCUT2D eigenvalue weighted by Gasteiger charge is -2.22. The van der Waals surface area contributed by atoms with Gasteiger partial charge in [0, 0.05) is 33.8 Å².